The molecule has 0 bridgehead atoms. The van der Waals surface area contributed by atoms with Crippen LogP contribution in [0.2, 0.25) is 0 Å². The van der Waals surface area contributed by atoms with E-state index in [4.69, 9.17) is 102 Å². The Hall–Kier alpha value is -6.43. The van der Waals surface area contributed by atoms with Crippen molar-refractivity contribution in [2.75, 3.05) is 0 Å². The second kappa shape index (κ2) is 90.1. The van der Waals surface area contributed by atoms with Crippen LogP contribution in [-0.2, 0) is 159 Å². The summed E-state index contributed by atoms with van der Waals surface area (Å²) in [6.07, 6.45) is 6.51. The maximum absolute atomic E-state index is 8.89. The molecule has 0 atom stereocenters. The van der Waals surface area contributed by atoms with Crippen LogP contribution < -0.4 is 63.8 Å². The van der Waals surface area contributed by atoms with Crippen molar-refractivity contribution in [3.8, 4) is 0 Å². The Morgan fingerprint density at radius 3 is 0.481 bits per heavy atom. The van der Waals surface area contributed by atoms with Gasteiger partial charge in [-0.3, -0.25) is 19.9 Å². The van der Waals surface area contributed by atoms with Crippen LogP contribution in [0.1, 0.15) is 78.2 Å². The van der Waals surface area contributed by atoms with Crippen molar-refractivity contribution in [3.63, 3.8) is 0 Å². The number of pyridine rings is 4. The van der Waals surface area contributed by atoms with Crippen LogP contribution >= 0.6 is 0 Å². The number of carbonyl (C=O) groups is 8. The monoisotopic (exact) mass is 1570 g/mol. The van der Waals surface area contributed by atoms with E-state index in [1.54, 1.807) is 73.3 Å². The molecule has 0 radical (unpaired) electrons. The number of amidine groups is 4. The van der Waals surface area contributed by atoms with Gasteiger partial charge in [-0.2, -0.15) is 0 Å². The number of hydrogen-bond donors (Lipinski definition) is 4. The second-order valence-electron chi connectivity index (χ2n) is 10.7. The van der Waals surface area contributed by atoms with Gasteiger partial charge in [0.2, 0.25) is 0 Å². The first kappa shape index (κ1) is 131. The maximum Gasteiger partial charge on any atom is 2.00 e. The molecule has 81 heavy (non-hydrogen) atoms. The van der Waals surface area contributed by atoms with E-state index in [0.29, 0.717) is 22.8 Å². The topological polar surface area (TPSA) is 813 Å². The minimum absolute atomic E-state index is 0. The zero-order valence-electron chi connectivity index (χ0n) is 45.1. The van der Waals surface area contributed by atoms with Gasteiger partial charge in [-0.05, 0) is 104 Å². The van der Waals surface area contributed by atoms with E-state index in [0.717, 1.165) is 55.4 Å². The SMILES string of the molecule is CC(=O)[O-].CC(=O)[O-].CC(=O)[O-].CC(=O)[O-].CC(=O)[O-].CC(=O)[O-].CC(=O)[O-].CC(=O)[O-].N/C(=N\N=C(/N)c1ccccn1)c1ccccn1.N/C(=N\N=C(/N)c1ccccn1)c1ccccn1.O.O.O.O.O.O.O.[Cd+2].[Cd+2].[Cd].[Cd].[OH3+].[OH3+]. The first-order valence-electron chi connectivity index (χ1n) is 17.8. The number of hydrogen-bond acceptors (Lipinski definition) is 24. The average molecular weight is 1570 g/mol. The number of nitrogens with zero attached hydrogens (tertiary/aromatic N) is 8. The third kappa shape index (κ3) is 142. The molecule has 0 aliphatic rings. The van der Waals surface area contributed by atoms with Crippen LogP contribution in [0.4, 0.5) is 0 Å². The minimum Gasteiger partial charge on any atom is -0.550 e. The Bertz CT molecular complexity index is 1830. The zero-order chi connectivity index (χ0) is 54.2. The molecule has 28 N–H and O–H groups in total. The van der Waals surface area contributed by atoms with Gasteiger partial charge in [0.25, 0.3) is 0 Å². The third-order valence-electron chi connectivity index (χ3n) is 4.24. The predicted molar refractivity (Wildman–Crippen MR) is 260 cm³/mol. The van der Waals surface area contributed by atoms with Crippen LogP contribution in [0.25, 0.3) is 0 Å². The fourth-order valence-electron chi connectivity index (χ4n) is 2.48. The first-order valence-corrected chi connectivity index (χ1v) is 17.8. The van der Waals surface area contributed by atoms with Gasteiger partial charge < -0.3 is 151 Å². The molecule has 4 aromatic rings. The van der Waals surface area contributed by atoms with Gasteiger partial charge in [-0.25, -0.2) is 0 Å². The van der Waals surface area contributed by atoms with Crippen LogP contribution in [0.15, 0.2) is 118 Å². The summed E-state index contributed by atoms with van der Waals surface area (Å²) in [5.41, 5.74) is 25.1. The Morgan fingerprint density at radius 1 is 0.309 bits per heavy atom. The maximum atomic E-state index is 8.89. The first-order chi connectivity index (χ1) is 31.4. The van der Waals surface area contributed by atoms with Gasteiger partial charge in [0.05, 0.1) is 0 Å². The number of aromatic nitrogens is 4. The molecule has 4 aromatic heterocycles. The number of carboxylic acid groups (broad SMARTS) is 8. The normalized spacial score (nSPS) is 8.00. The van der Waals surface area contributed by atoms with Crippen molar-refractivity contribution >= 4 is 71.1 Å². The zero-order valence-corrected chi connectivity index (χ0v) is 61.3. The molecule has 0 saturated carbocycles. The van der Waals surface area contributed by atoms with Crippen molar-refractivity contribution in [1.82, 2.24) is 19.9 Å². The standard InChI is InChI=1S/2C12H12N6.8C2H4O2.4Cd.9H2O/c2*13-11(9-5-1-3-7-15-9)17-18-12(14)10-6-2-4-8-16-10;8*1-2(3)4;;;;;;;;;;;;;/h2*1-8H,(H2,13,17)(H2,14,18);8*1H3,(H,3,4);;;;;9*1H2/q;;;;;;;;;;;;2*+2;;;;;;;;;/p-6. The largest absolute Gasteiger partial charge is 2.00 e. The molecule has 4 heterocycles. The number of nitrogens with two attached hydrogens (primary N) is 4. The summed E-state index contributed by atoms with van der Waals surface area (Å²) in [5, 5.41) is 86.4. The smallest absolute Gasteiger partial charge is 0.550 e. The van der Waals surface area contributed by atoms with Gasteiger partial charge in [-0.15, -0.1) is 20.4 Å². The number of carbonyl (C=O) groups excluding carboxylic acids is 8. The van der Waals surface area contributed by atoms with E-state index < -0.39 is 47.8 Å². The third-order valence-corrected chi connectivity index (χ3v) is 4.24. The molecule has 0 spiro atoms. The molecule has 0 amide bonds. The van der Waals surface area contributed by atoms with Crippen molar-refractivity contribution in [2.45, 2.75) is 55.4 Å². The molecule has 4 rings (SSSR count). The molecule has 0 aliphatic heterocycles. The molecule has 448 valence electrons. The van der Waals surface area contributed by atoms with Gasteiger partial charge in [0.1, 0.15) is 22.8 Å². The fourth-order valence-corrected chi connectivity index (χ4v) is 2.48. The van der Waals surface area contributed by atoms with E-state index in [1.807, 2.05) is 24.3 Å². The molecule has 0 unspecified atom stereocenters. The summed E-state index contributed by atoms with van der Waals surface area (Å²) < 4.78 is 0. The van der Waals surface area contributed by atoms with Crippen LogP contribution in [-0.4, -0.2) is 129 Å². The Kier molecular flexibility index (Phi) is 145. The summed E-state index contributed by atoms with van der Waals surface area (Å²) in [7, 11) is 0. The van der Waals surface area contributed by atoms with Crippen LogP contribution in [0.3, 0.4) is 0 Å². The van der Waals surface area contributed by atoms with Gasteiger partial charge in [0.15, 0.2) is 23.3 Å². The molecule has 41 heteroatoms. The van der Waals surface area contributed by atoms with E-state index in [1.165, 1.54) is 0 Å². The quantitative estimate of drug-likeness (QED) is 0.0458. The van der Waals surface area contributed by atoms with Crippen LogP contribution in [0, 0.1) is 0 Å². The van der Waals surface area contributed by atoms with E-state index in [2.05, 4.69) is 40.3 Å². The summed E-state index contributed by atoms with van der Waals surface area (Å²) in [5.74, 6) is -7.85. The van der Waals surface area contributed by atoms with E-state index >= 15 is 0 Å². The van der Waals surface area contributed by atoms with Gasteiger partial charge in [0, 0.05) is 127 Å². The molecule has 0 fully saturated rings. The molecule has 0 aromatic carbocycles. The van der Waals surface area contributed by atoms with Gasteiger partial charge >= 0.3 is 54.6 Å². The van der Waals surface area contributed by atoms with Crippen molar-refractivity contribution in [2.24, 2.45) is 43.3 Å². The summed E-state index contributed by atoms with van der Waals surface area (Å²) in [4.78, 5) is 87.3. The molecule has 37 nitrogen and oxygen atoms in total. The molecule has 0 saturated heterocycles. The average Bonchev–Trinajstić information content (AvgIpc) is 3.21. The Morgan fingerprint density at radius 2 is 0.407 bits per heavy atom. The summed E-state index contributed by atoms with van der Waals surface area (Å²) in [6, 6.07) is 21.4. The van der Waals surface area contributed by atoms with Crippen molar-refractivity contribution in [1.29, 1.82) is 0 Å². The fraction of sp³-hybridized carbons (Fsp3) is 0.200. The molecular weight excluding hydrogens is 1500 g/mol. The van der Waals surface area contributed by atoms with Crippen molar-refractivity contribution < 1.29 is 238 Å². The van der Waals surface area contributed by atoms with Crippen LogP contribution in [0.5, 0.6) is 0 Å². The molecule has 0 aliphatic carbocycles. The number of carboxylic acids is 8. The Balaban J connectivity index is -0.0000000334. The Labute approximate surface area is 543 Å². The summed E-state index contributed by atoms with van der Waals surface area (Å²) >= 11 is 0. The second-order valence-corrected chi connectivity index (χ2v) is 10.7. The summed E-state index contributed by atoms with van der Waals surface area (Å²) in [6.45, 7) is 7.78. The number of aliphatic carboxylic acids is 8. The van der Waals surface area contributed by atoms with Crippen molar-refractivity contribution in [3.05, 3.63) is 120 Å². The van der Waals surface area contributed by atoms with E-state index in [9.17, 15) is 0 Å². The minimum atomic E-state index is -1.08. The predicted octanol–water partition coefficient (Wildman–Crippen LogP) is -16.6. The molecular formula is C40H68Cd4N12O25-2. The van der Waals surface area contributed by atoms with E-state index in [-0.39, 0.29) is 182 Å². The number of rotatable bonds is 6. The van der Waals surface area contributed by atoms with Gasteiger partial charge in [-0.1, -0.05) is 24.3 Å².